The Kier molecular flexibility index (Phi) is 13.3. The molecule has 2 aromatic carbocycles. The molecule has 6 heterocycles. The molecule has 5 amide bonds. The van der Waals surface area contributed by atoms with Gasteiger partial charge in [-0.25, -0.2) is 4.79 Å². The molecule has 5 aliphatic heterocycles. The summed E-state index contributed by atoms with van der Waals surface area (Å²) >= 11 is 0. The van der Waals surface area contributed by atoms with Gasteiger partial charge in [-0.15, -0.1) is 5.06 Å². The fourth-order valence-electron chi connectivity index (χ4n) is 9.20. The van der Waals surface area contributed by atoms with Crippen LogP contribution in [0.4, 0.5) is 8.63 Å². The van der Waals surface area contributed by atoms with E-state index >= 15 is 8.63 Å². The van der Waals surface area contributed by atoms with Crippen LogP contribution in [0.15, 0.2) is 69.1 Å². The number of hydrogen-bond donors (Lipinski definition) is 5. The molecule has 3 aromatic rings. The van der Waals surface area contributed by atoms with Crippen molar-refractivity contribution in [2.45, 2.75) is 108 Å². The van der Waals surface area contributed by atoms with Gasteiger partial charge in [-0.05, 0) is 105 Å². The van der Waals surface area contributed by atoms with Crippen LogP contribution in [0, 0.1) is 13.8 Å². The molecular weight excluding hydrogens is 921 g/mol. The van der Waals surface area contributed by atoms with E-state index < -0.39 is 79.2 Å². The molecule has 6 bridgehead atoms. The van der Waals surface area contributed by atoms with Crippen molar-refractivity contribution in [3.63, 3.8) is 0 Å². The van der Waals surface area contributed by atoms with Gasteiger partial charge >= 0.3 is 12.9 Å². The maximum atomic E-state index is 17.4. The van der Waals surface area contributed by atoms with E-state index in [9.17, 15) is 54.7 Å². The fourth-order valence-corrected chi connectivity index (χ4v) is 10.5. The Morgan fingerprint density at radius 1 is 0.866 bits per heavy atom. The zero-order valence-corrected chi connectivity index (χ0v) is 38.4. The zero-order chi connectivity index (χ0) is 48.9. The van der Waals surface area contributed by atoms with E-state index in [1.54, 1.807) is 20.8 Å². The minimum absolute atomic E-state index is 0.0236. The van der Waals surface area contributed by atoms with Crippen LogP contribution in [0.2, 0.25) is 0 Å². The summed E-state index contributed by atoms with van der Waals surface area (Å²) in [5, 5.41) is 8.40. The summed E-state index contributed by atoms with van der Waals surface area (Å²) in [5.41, 5.74) is 3.23. The monoisotopic (exact) mass is 968 g/mol. The first-order chi connectivity index (χ1) is 31.4. The summed E-state index contributed by atoms with van der Waals surface area (Å²) in [7, 11) is -9.91. The zero-order valence-electron chi connectivity index (χ0n) is 36.8. The average Bonchev–Trinajstić information content (AvgIpc) is 3.81. The van der Waals surface area contributed by atoms with E-state index in [0.717, 1.165) is 21.1 Å². The predicted molar refractivity (Wildman–Crippen MR) is 234 cm³/mol. The summed E-state index contributed by atoms with van der Waals surface area (Å²) in [5.74, 6) is -4.08. The molecule has 356 valence electrons. The fraction of sp³-hybridized carbons (Fsp3) is 0.372. The van der Waals surface area contributed by atoms with Crippen molar-refractivity contribution in [2.24, 2.45) is 0 Å². The highest BCUT2D eigenvalue weighted by Gasteiger charge is 2.57. The summed E-state index contributed by atoms with van der Waals surface area (Å²) in [4.78, 5) is 81.1. The van der Waals surface area contributed by atoms with Crippen LogP contribution in [0.5, 0.6) is 0 Å². The SMILES string of the molecule is CC1=C2CCC(=O)NCCCCC(C(=O)NCc3ccc(S(=O)(=O)O)cc3S(=O)(=O)O)NC(=O)CCc3c(C)c4n(c3C)[B-](F)(F)[N+](=C2C)C1=C4c1ccc(C(=O)ON2C(=O)CCC2=O)cc1. The molecule has 5 aliphatic rings. The molecule has 67 heavy (non-hydrogen) atoms. The largest absolute Gasteiger partial charge is 0.737 e. The highest BCUT2D eigenvalue weighted by Crippen LogP contribution is 2.47. The van der Waals surface area contributed by atoms with Crippen molar-refractivity contribution in [1.29, 1.82) is 0 Å². The van der Waals surface area contributed by atoms with Crippen molar-refractivity contribution in [3.05, 3.63) is 98.5 Å². The second kappa shape index (κ2) is 18.4. The Hall–Kier alpha value is -6.37. The average molecular weight is 969 g/mol. The Morgan fingerprint density at radius 3 is 2.16 bits per heavy atom. The highest BCUT2D eigenvalue weighted by atomic mass is 32.2. The molecule has 8 rings (SSSR count). The van der Waals surface area contributed by atoms with Gasteiger partial charge in [0.05, 0.1) is 16.0 Å². The number of carbonyl (C=O) groups excluding carboxylic acids is 6. The molecule has 5 N–H and O–H groups in total. The molecule has 0 spiro atoms. The molecule has 0 aliphatic carbocycles. The van der Waals surface area contributed by atoms with Crippen LogP contribution >= 0.6 is 0 Å². The second-order valence-electron chi connectivity index (χ2n) is 16.7. The van der Waals surface area contributed by atoms with Crippen molar-refractivity contribution < 1.29 is 72.7 Å². The number of nitrogens with zero attached hydrogens (tertiary/aromatic N) is 3. The normalized spacial score (nSPS) is 19.6. The lowest BCUT2D eigenvalue weighted by molar-refractivity contribution is -0.363. The lowest BCUT2D eigenvalue weighted by Crippen LogP contribution is -2.51. The summed E-state index contributed by atoms with van der Waals surface area (Å²) in [6, 6.07) is 7.01. The number of halogens is 2. The van der Waals surface area contributed by atoms with Gasteiger partial charge in [-0.2, -0.15) is 16.8 Å². The lowest BCUT2D eigenvalue weighted by atomic mass is 9.83. The van der Waals surface area contributed by atoms with E-state index in [0.29, 0.717) is 57.4 Å². The van der Waals surface area contributed by atoms with E-state index in [1.165, 1.54) is 31.2 Å². The van der Waals surface area contributed by atoms with Crippen LogP contribution in [-0.4, -0.2) is 101 Å². The standard InChI is InChI=1S/C43H47BF2N6O13S2/c1-23-31-14-16-35(53)47-20-6-5-7-33(42(57)48-22-29-12-13-30(66(59,60)61)21-34(29)67(62,63)64)49-36(54)17-15-32-24(2)41-39(40(23)50(25(31)3)44(45,46)51(41)26(32)4)27-8-10-28(11-9-27)43(58)65-52-37(55)18-19-38(52)56/h8-13,21,33H,5-7,14-20,22H2,1-4H3,(H,47,53)(H,48,57)(H,49,54)(H,59,60,61)(H,62,63,64). The number of allylic oxidation sites excluding steroid dienone is 2. The van der Waals surface area contributed by atoms with Crippen LogP contribution < -0.4 is 16.0 Å². The maximum Gasteiger partial charge on any atom is 0.737 e. The van der Waals surface area contributed by atoms with E-state index in [1.807, 2.05) is 0 Å². The van der Waals surface area contributed by atoms with Crippen molar-refractivity contribution >= 4 is 74.0 Å². The first-order valence-electron chi connectivity index (χ1n) is 21.3. The van der Waals surface area contributed by atoms with Gasteiger partial charge < -0.3 is 38.4 Å². The van der Waals surface area contributed by atoms with Crippen molar-refractivity contribution in [2.75, 3.05) is 6.54 Å². The number of amides is 5. The smallest absolute Gasteiger partial charge is 0.393 e. The third-order valence-corrected chi connectivity index (χ3v) is 14.3. The maximum absolute atomic E-state index is 17.4. The van der Waals surface area contributed by atoms with Gasteiger partial charge in [0.1, 0.15) is 16.6 Å². The number of rotatable bonds is 8. The van der Waals surface area contributed by atoms with Crippen LogP contribution in [0.25, 0.3) is 5.57 Å². The minimum atomic E-state index is -5.05. The molecule has 1 unspecified atom stereocenters. The Bertz CT molecular complexity index is 2980. The molecule has 1 aromatic heterocycles. The minimum Gasteiger partial charge on any atom is -0.393 e. The number of hydroxylamine groups is 2. The van der Waals surface area contributed by atoms with Crippen LogP contribution in [0.3, 0.4) is 0 Å². The number of fused-ring (bicyclic) bond motifs is 12. The first-order valence-corrected chi connectivity index (χ1v) is 24.2. The number of carbonyl (C=O) groups is 6. The summed E-state index contributed by atoms with van der Waals surface area (Å²) < 4.78 is 103. The van der Waals surface area contributed by atoms with Crippen LogP contribution in [-0.2, 0) is 62.0 Å². The van der Waals surface area contributed by atoms with Gasteiger partial charge in [0.15, 0.2) is 5.70 Å². The Labute approximate surface area is 383 Å². The predicted octanol–water partition coefficient (Wildman–Crippen LogP) is 3.43. The number of benzene rings is 2. The summed E-state index contributed by atoms with van der Waals surface area (Å²) in [6.07, 6.45) is 0.285. The Morgan fingerprint density at radius 2 is 1.52 bits per heavy atom. The van der Waals surface area contributed by atoms with E-state index in [-0.39, 0.29) is 91.3 Å². The van der Waals surface area contributed by atoms with Gasteiger partial charge in [-0.1, -0.05) is 18.2 Å². The van der Waals surface area contributed by atoms with Crippen LogP contribution in [0.1, 0.15) is 109 Å². The number of nitrogens with one attached hydrogen (secondary N) is 3. The van der Waals surface area contributed by atoms with Crippen molar-refractivity contribution in [3.8, 4) is 0 Å². The van der Waals surface area contributed by atoms with Crippen molar-refractivity contribution in [1.82, 2.24) is 25.5 Å². The topological polar surface area (TPSA) is 268 Å². The van der Waals surface area contributed by atoms with Gasteiger partial charge in [0.2, 0.25) is 17.7 Å². The summed E-state index contributed by atoms with van der Waals surface area (Å²) in [6.45, 7) is 1.49. The molecule has 0 saturated carbocycles. The highest BCUT2D eigenvalue weighted by molar-refractivity contribution is 7.86. The molecule has 1 saturated heterocycles. The first kappa shape index (κ1) is 48.6. The van der Waals surface area contributed by atoms with E-state index in [4.69, 9.17) is 4.84 Å². The molecule has 24 heteroatoms. The third-order valence-electron chi connectivity index (χ3n) is 12.5. The van der Waals surface area contributed by atoms with Gasteiger partial charge in [0.25, 0.3) is 32.1 Å². The third kappa shape index (κ3) is 9.47. The molecule has 19 nitrogen and oxygen atoms in total. The quantitative estimate of drug-likeness (QED) is 0.123. The molecule has 1 atom stereocenters. The number of hydrogen-bond acceptors (Lipinski definition) is 11. The van der Waals surface area contributed by atoms with Gasteiger partial charge in [-0.3, -0.25) is 33.1 Å². The molecule has 0 radical (unpaired) electrons. The number of aromatic nitrogens is 1. The van der Waals surface area contributed by atoms with Gasteiger partial charge in [0, 0.05) is 62.5 Å². The second-order valence-corrected chi connectivity index (χ2v) is 19.5. The Balaban J connectivity index is 1.23. The molecule has 1 fully saturated rings. The lowest BCUT2D eigenvalue weighted by Gasteiger charge is -2.34. The molecular formula is C43H47BF2N6O13S2. The van der Waals surface area contributed by atoms with E-state index in [2.05, 4.69) is 16.0 Å². The number of imide groups is 1.